The molecule has 0 N–H and O–H groups in total. The van der Waals surface area contributed by atoms with Crippen LogP contribution in [0.3, 0.4) is 0 Å². The number of nitrogens with zero attached hydrogens (tertiary/aromatic N) is 1. The van der Waals surface area contributed by atoms with E-state index in [2.05, 4.69) is 46.3 Å². The van der Waals surface area contributed by atoms with Gasteiger partial charge in [0.05, 0.1) is 12.4 Å². The first kappa shape index (κ1) is 40.8. The fourth-order valence-corrected chi connectivity index (χ4v) is 5.95. The molecule has 0 rings (SSSR count). The number of carbonyl (C=O) groups excluding carboxylic acids is 2. The number of allylic oxidation sites excluding steroid dienone is 1. The van der Waals surface area contributed by atoms with E-state index in [0.29, 0.717) is 18.1 Å². The summed E-state index contributed by atoms with van der Waals surface area (Å²) in [5.74, 6) is 1.90. The molecule has 0 bridgehead atoms. The molecule has 0 aromatic heterocycles. The summed E-state index contributed by atoms with van der Waals surface area (Å²) >= 11 is 0. The summed E-state index contributed by atoms with van der Waals surface area (Å²) in [6.07, 6.45) is 26.5. The van der Waals surface area contributed by atoms with E-state index >= 15 is 0 Å². The first-order valence-electron chi connectivity index (χ1n) is 17.8. The van der Waals surface area contributed by atoms with Gasteiger partial charge in [-0.05, 0) is 57.7 Å². The first-order valence-corrected chi connectivity index (χ1v) is 17.8. The monoisotopic (exact) mass is 592 g/mol. The molecule has 0 aliphatic heterocycles. The van der Waals surface area contributed by atoms with Crippen LogP contribution >= 0.6 is 0 Å². The predicted molar refractivity (Wildman–Crippen MR) is 183 cm³/mol. The Hall–Kier alpha value is -1.16. The van der Waals surface area contributed by atoms with Crippen LogP contribution in [-0.4, -0.2) is 44.2 Å². The van der Waals surface area contributed by atoms with Gasteiger partial charge in [-0.3, -0.25) is 4.79 Å². The lowest BCUT2D eigenvalue weighted by Crippen LogP contribution is -2.16. The molecule has 0 heterocycles. The van der Waals surface area contributed by atoms with E-state index in [1.807, 2.05) is 13.8 Å². The first-order chi connectivity index (χ1) is 19.9. The van der Waals surface area contributed by atoms with Crippen molar-refractivity contribution in [3.05, 3.63) is 12.3 Å². The molecule has 248 valence electrons. The van der Waals surface area contributed by atoms with Crippen LogP contribution in [0.4, 0.5) is 0 Å². The molecular weight excluding hydrogens is 518 g/mol. The number of ether oxygens (including phenoxy) is 1. The van der Waals surface area contributed by atoms with Crippen molar-refractivity contribution in [1.29, 1.82) is 0 Å². The van der Waals surface area contributed by atoms with E-state index < -0.39 is 0 Å². The summed E-state index contributed by atoms with van der Waals surface area (Å²) < 4.78 is 5.99. The smallest absolute Gasteiger partial charge is 0.133 e. The van der Waals surface area contributed by atoms with Crippen molar-refractivity contribution in [3.8, 4) is 0 Å². The van der Waals surface area contributed by atoms with Gasteiger partial charge >= 0.3 is 0 Å². The Morgan fingerprint density at radius 1 is 0.786 bits per heavy atom. The largest absolute Gasteiger partial charge is 0.499 e. The minimum atomic E-state index is -0.207. The minimum absolute atomic E-state index is 0.207. The lowest BCUT2D eigenvalue weighted by atomic mass is 9.82. The normalized spacial score (nSPS) is 13.0. The van der Waals surface area contributed by atoms with Crippen molar-refractivity contribution in [2.75, 3.05) is 27.2 Å². The highest BCUT2D eigenvalue weighted by molar-refractivity contribution is 5.78. The van der Waals surface area contributed by atoms with Gasteiger partial charge in [0, 0.05) is 24.7 Å². The van der Waals surface area contributed by atoms with Gasteiger partial charge in [0.25, 0.3) is 0 Å². The molecule has 0 aromatic rings. The lowest BCUT2D eigenvalue weighted by Gasteiger charge is -2.26. The molecule has 0 spiro atoms. The van der Waals surface area contributed by atoms with Crippen molar-refractivity contribution in [1.82, 2.24) is 4.90 Å². The number of unbranched alkanes of at least 4 members (excludes halogenated alkanes) is 11. The third kappa shape index (κ3) is 26.5. The molecule has 0 saturated heterocycles. The molecule has 0 aliphatic carbocycles. The average molecular weight is 592 g/mol. The van der Waals surface area contributed by atoms with Gasteiger partial charge in [-0.2, -0.15) is 0 Å². The van der Waals surface area contributed by atoms with Gasteiger partial charge in [0.2, 0.25) is 0 Å². The lowest BCUT2D eigenvalue weighted by molar-refractivity contribution is -0.120. The molecular formula is C38H73NO3. The van der Waals surface area contributed by atoms with Crippen LogP contribution in [0, 0.1) is 16.7 Å². The van der Waals surface area contributed by atoms with Gasteiger partial charge in [0.15, 0.2) is 0 Å². The second-order valence-corrected chi connectivity index (χ2v) is 15.0. The van der Waals surface area contributed by atoms with E-state index in [-0.39, 0.29) is 10.8 Å². The summed E-state index contributed by atoms with van der Waals surface area (Å²) in [6, 6.07) is 0. The van der Waals surface area contributed by atoms with Crippen molar-refractivity contribution < 1.29 is 14.3 Å². The van der Waals surface area contributed by atoms with Crippen LogP contribution in [0.15, 0.2) is 12.3 Å². The standard InChI is InChI=1S/C38H73NO3/c1-9-10-11-12-13-14-15-22-30-42-34(2)32-37(3,4)27-20-16-18-24-35(31-36(41)26-23-29-39(7)8)25-19-17-21-28-38(5,6)33-40/h33,35H,2,9-32H2,1,3-8H3. The Morgan fingerprint density at radius 3 is 1.90 bits per heavy atom. The van der Waals surface area contributed by atoms with Crippen LogP contribution < -0.4 is 0 Å². The number of hydrogen-bond donors (Lipinski definition) is 0. The highest BCUT2D eigenvalue weighted by atomic mass is 16.5. The summed E-state index contributed by atoms with van der Waals surface area (Å²) in [6.45, 7) is 17.0. The molecule has 0 saturated carbocycles. The van der Waals surface area contributed by atoms with Crippen LogP contribution in [0.25, 0.3) is 0 Å². The Morgan fingerprint density at radius 2 is 1.33 bits per heavy atom. The molecule has 1 atom stereocenters. The van der Waals surface area contributed by atoms with Crippen molar-refractivity contribution in [2.45, 2.75) is 176 Å². The molecule has 0 aromatic carbocycles. The maximum absolute atomic E-state index is 12.7. The van der Waals surface area contributed by atoms with Gasteiger partial charge in [-0.25, -0.2) is 0 Å². The fraction of sp³-hybridized carbons (Fsp3) is 0.895. The molecule has 4 heteroatoms. The number of aldehydes is 1. The molecule has 0 amide bonds. The average Bonchev–Trinajstić information content (AvgIpc) is 2.91. The number of Topliss-reactive ketones (excluding diaryl/α,β-unsaturated/α-hetero) is 1. The second-order valence-electron chi connectivity index (χ2n) is 15.0. The number of rotatable bonds is 31. The van der Waals surface area contributed by atoms with Crippen LogP contribution in [0.5, 0.6) is 0 Å². The van der Waals surface area contributed by atoms with Crippen molar-refractivity contribution in [2.24, 2.45) is 16.7 Å². The maximum atomic E-state index is 12.7. The Labute approximate surface area is 263 Å². The molecule has 42 heavy (non-hydrogen) atoms. The van der Waals surface area contributed by atoms with E-state index in [1.54, 1.807) is 0 Å². The minimum Gasteiger partial charge on any atom is -0.499 e. The summed E-state index contributed by atoms with van der Waals surface area (Å²) in [4.78, 5) is 26.1. The summed E-state index contributed by atoms with van der Waals surface area (Å²) in [7, 11) is 4.14. The van der Waals surface area contributed by atoms with E-state index in [1.165, 1.54) is 77.0 Å². The van der Waals surface area contributed by atoms with Crippen LogP contribution in [0.1, 0.15) is 176 Å². The van der Waals surface area contributed by atoms with Gasteiger partial charge in [-0.15, -0.1) is 0 Å². The Balaban J connectivity index is 4.30. The molecule has 0 fully saturated rings. The number of ketones is 1. The zero-order valence-corrected chi connectivity index (χ0v) is 29.5. The van der Waals surface area contributed by atoms with Crippen molar-refractivity contribution in [3.63, 3.8) is 0 Å². The Kier molecular flexibility index (Phi) is 24.5. The van der Waals surface area contributed by atoms with Crippen LogP contribution in [-0.2, 0) is 14.3 Å². The SMILES string of the molecule is C=C(CC(C)(C)CCCCCC(CCCCCC(C)(C)C=O)CC(=O)CCCN(C)C)OCCCCCCCCCC. The van der Waals surface area contributed by atoms with E-state index in [9.17, 15) is 9.59 Å². The summed E-state index contributed by atoms with van der Waals surface area (Å²) in [5, 5.41) is 0. The Bertz CT molecular complexity index is 682. The van der Waals surface area contributed by atoms with Crippen molar-refractivity contribution >= 4 is 12.1 Å². The maximum Gasteiger partial charge on any atom is 0.133 e. The third-order valence-electron chi connectivity index (χ3n) is 8.78. The zero-order chi connectivity index (χ0) is 31.7. The van der Waals surface area contributed by atoms with Gasteiger partial charge in [-0.1, -0.05) is 138 Å². The molecule has 0 radical (unpaired) electrons. The predicted octanol–water partition coefficient (Wildman–Crippen LogP) is 11.1. The molecule has 4 nitrogen and oxygen atoms in total. The van der Waals surface area contributed by atoms with Crippen LogP contribution in [0.2, 0.25) is 0 Å². The van der Waals surface area contributed by atoms with Gasteiger partial charge in [0.1, 0.15) is 12.1 Å². The third-order valence-corrected chi connectivity index (χ3v) is 8.78. The number of carbonyl (C=O) groups is 2. The topological polar surface area (TPSA) is 46.6 Å². The second kappa shape index (κ2) is 25.2. The molecule has 1 unspecified atom stereocenters. The highest BCUT2D eigenvalue weighted by Crippen LogP contribution is 2.32. The van der Waals surface area contributed by atoms with E-state index in [4.69, 9.17) is 4.74 Å². The molecule has 0 aliphatic rings. The summed E-state index contributed by atoms with van der Waals surface area (Å²) in [5.41, 5.74) is 0.00870. The van der Waals surface area contributed by atoms with E-state index in [0.717, 1.165) is 83.0 Å². The quantitative estimate of drug-likeness (QED) is 0.0457. The fourth-order valence-electron chi connectivity index (χ4n) is 5.95. The number of hydrogen-bond acceptors (Lipinski definition) is 4. The van der Waals surface area contributed by atoms with Gasteiger partial charge < -0.3 is 14.4 Å². The zero-order valence-electron chi connectivity index (χ0n) is 29.5. The highest BCUT2D eigenvalue weighted by Gasteiger charge is 2.20.